The van der Waals surface area contributed by atoms with Crippen molar-refractivity contribution in [1.29, 1.82) is 0 Å². The van der Waals surface area contributed by atoms with E-state index < -0.39 is 0 Å². The molecule has 3 heteroatoms. The van der Waals surface area contributed by atoms with Crippen molar-refractivity contribution < 1.29 is 0 Å². The minimum absolute atomic E-state index is 0.672. The molecular weight excluding hydrogens is 276 g/mol. The molecule has 1 aliphatic rings. The van der Waals surface area contributed by atoms with Crippen LogP contribution < -0.4 is 4.90 Å². The Labute approximate surface area is 113 Å². The third kappa shape index (κ3) is 2.83. The Morgan fingerprint density at radius 3 is 2.35 bits per heavy atom. The van der Waals surface area contributed by atoms with Crippen LogP contribution in [0.3, 0.4) is 0 Å². The van der Waals surface area contributed by atoms with Crippen LogP contribution in [0.1, 0.15) is 12.5 Å². The first-order valence-corrected chi connectivity index (χ1v) is 7.30. The van der Waals surface area contributed by atoms with Gasteiger partial charge >= 0.3 is 0 Å². The molecule has 0 aromatic heterocycles. The zero-order chi connectivity index (χ0) is 12.4. The predicted molar refractivity (Wildman–Crippen MR) is 77.9 cm³/mol. The molecule has 0 bridgehead atoms. The lowest BCUT2D eigenvalue weighted by molar-refractivity contribution is 0.266. The highest BCUT2D eigenvalue weighted by molar-refractivity contribution is 9.08. The first-order chi connectivity index (χ1) is 8.11. The molecule has 2 unspecified atom stereocenters. The lowest BCUT2D eigenvalue weighted by Crippen LogP contribution is -2.34. The van der Waals surface area contributed by atoms with E-state index in [0.717, 1.165) is 24.3 Å². The van der Waals surface area contributed by atoms with Gasteiger partial charge in [0.1, 0.15) is 0 Å². The molecule has 0 N–H and O–H groups in total. The van der Waals surface area contributed by atoms with Crippen LogP contribution in [0.15, 0.2) is 24.3 Å². The summed E-state index contributed by atoms with van der Waals surface area (Å²) in [4.78, 5) is 4.84. The fourth-order valence-electron chi connectivity index (χ4n) is 2.63. The number of rotatable bonds is 3. The molecule has 1 aromatic carbocycles. The molecule has 1 fully saturated rings. The van der Waals surface area contributed by atoms with Crippen molar-refractivity contribution in [3.63, 3.8) is 0 Å². The van der Waals surface area contributed by atoms with Crippen LogP contribution in [0.25, 0.3) is 0 Å². The third-order valence-corrected chi connectivity index (χ3v) is 4.34. The Morgan fingerprint density at radius 2 is 1.88 bits per heavy atom. The van der Waals surface area contributed by atoms with Crippen molar-refractivity contribution in [1.82, 2.24) is 4.90 Å². The summed E-state index contributed by atoms with van der Waals surface area (Å²) in [7, 11) is 4.36. The summed E-state index contributed by atoms with van der Waals surface area (Å²) < 4.78 is 0. The van der Waals surface area contributed by atoms with Gasteiger partial charge in [0.05, 0.1) is 0 Å². The Kier molecular flexibility index (Phi) is 4.10. The van der Waals surface area contributed by atoms with E-state index in [4.69, 9.17) is 0 Å². The van der Waals surface area contributed by atoms with E-state index >= 15 is 0 Å². The maximum atomic E-state index is 3.48. The van der Waals surface area contributed by atoms with Gasteiger partial charge in [-0.25, -0.2) is 0 Å². The number of benzene rings is 1. The van der Waals surface area contributed by atoms with Gasteiger partial charge in [0.25, 0.3) is 0 Å². The van der Waals surface area contributed by atoms with E-state index in [9.17, 15) is 0 Å². The molecule has 1 saturated heterocycles. The maximum absolute atomic E-state index is 3.48. The van der Waals surface area contributed by atoms with E-state index in [-0.39, 0.29) is 0 Å². The van der Waals surface area contributed by atoms with Crippen LogP contribution in [-0.2, 0) is 5.33 Å². The van der Waals surface area contributed by atoms with Gasteiger partial charge in [0.15, 0.2) is 0 Å². The number of anilines is 1. The lowest BCUT2D eigenvalue weighted by Gasteiger charge is -2.23. The van der Waals surface area contributed by atoms with Crippen LogP contribution in [0, 0.1) is 5.92 Å². The number of hydrogen-bond donors (Lipinski definition) is 0. The zero-order valence-corrected chi connectivity index (χ0v) is 12.4. The highest BCUT2D eigenvalue weighted by Crippen LogP contribution is 2.26. The highest BCUT2D eigenvalue weighted by Gasteiger charge is 2.30. The Morgan fingerprint density at radius 1 is 1.24 bits per heavy atom. The minimum Gasteiger partial charge on any atom is -0.370 e. The molecule has 0 saturated carbocycles. The van der Waals surface area contributed by atoms with Crippen molar-refractivity contribution >= 4 is 21.6 Å². The molecule has 17 heavy (non-hydrogen) atoms. The molecule has 2 rings (SSSR count). The molecule has 0 radical (unpaired) electrons. The fourth-order valence-corrected chi connectivity index (χ4v) is 3.00. The van der Waals surface area contributed by atoms with Crippen molar-refractivity contribution in [3.05, 3.63) is 29.8 Å². The van der Waals surface area contributed by atoms with Crippen LogP contribution in [0.2, 0.25) is 0 Å². The molecule has 1 aromatic rings. The topological polar surface area (TPSA) is 6.48 Å². The zero-order valence-electron chi connectivity index (χ0n) is 10.9. The van der Waals surface area contributed by atoms with Gasteiger partial charge in [-0.05, 0) is 37.7 Å². The van der Waals surface area contributed by atoms with Gasteiger partial charge in [0.2, 0.25) is 0 Å². The molecule has 1 aliphatic heterocycles. The van der Waals surface area contributed by atoms with Crippen LogP contribution in [0.4, 0.5) is 5.69 Å². The highest BCUT2D eigenvalue weighted by atomic mass is 79.9. The Bertz CT molecular complexity index is 361. The molecular formula is C14H21BrN2. The summed E-state index contributed by atoms with van der Waals surface area (Å²) in [6.45, 7) is 4.65. The first-order valence-electron chi connectivity index (χ1n) is 6.18. The lowest BCUT2D eigenvalue weighted by atomic mass is 10.1. The standard InChI is InChI=1S/C14H21BrN2/c1-11-9-17(10-14(11)16(2)3)13-6-4-12(8-15)5-7-13/h4-7,11,14H,8-10H2,1-3H3. The number of nitrogens with zero attached hydrogens (tertiary/aromatic N) is 2. The average molecular weight is 297 g/mol. The second-order valence-electron chi connectivity index (χ2n) is 5.21. The summed E-state index contributed by atoms with van der Waals surface area (Å²) in [6, 6.07) is 9.56. The van der Waals surface area contributed by atoms with Gasteiger partial charge in [-0.15, -0.1) is 0 Å². The molecule has 1 heterocycles. The SMILES string of the molecule is CC1CN(c2ccc(CBr)cc2)CC1N(C)C. The predicted octanol–water partition coefficient (Wildman–Crippen LogP) is 2.97. The average Bonchev–Trinajstić information content (AvgIpc) is 2.71. The minimum atomic E-state index is 0.672. The summed E-state index contributed by atoms with van der Waals surface area (Å²) >= 11 is 3.48. The van der Waals surface area contributed by atoms with Gasteiger partial charge < -0.3 is 9.80 Å². The van der Waals surface area contributed by atoms with Gasteiger partial charge in [-0.3, -0.25) is 0 Å². The molecule has 94 valence electrons. The molecule has 0 spiro atoms. The van der Waals surface area contributed by atoms with Crippen molar-refractivity contribution in [2.45, 2.75) is 18.3 Å². The van der Waals surface area contributed by atoms with Gasteiger partial charge in [-0.2, -0.15) is 0 Å². The number of halogens is 1. The smallest absolute Gasteiger partial charge is 0.0367 e. The molecule has 0 aliphatic carbocycles. The summed E-state index contributed by atoms with van der Waals surface area (Å²) in [6.07, 6.45) is 0. The monoisotopic (exact) mass is 296 g/mol. The summed E-state index contributed by atoms with van der Waals surface area (Å²) in [5.74, 6) is 0.737. The molecule has 2 nitrogen and oxygen atoms in total. The summed E-state index contributed by atoms with van der Waals surface area (Å²) in [5, 5.41) is 0.935. The van der Waals surface area contributed by atoms with Crippen LogP contribution in [-0.4, -0.2) is 38.1 Å². The van der Waals surface area contributed by atoms with E-state index in [1.807, 2.05) is 0 Å². The maximum Gasteiger partial charge on any atom is 0.0367 e. The van der Waals surface area contributed by atoms with E-state index in [0.29, 0.717) is 6.04 Å². The first kappa shape index (κ1) is 12.9. The number of hydrogen-bond acceptors (Lipinski definition) is 2. The molecule has 0 amide bonds. The summed E-state index contributed by atoms with van der Waals surface area (Å²) in [5.41, 5.74) is 2.69. The van der Waals surface area contributed by atoms with Crippen molar-refractivity contribution in [2.75, 3.05) is 32.1 Å². The fraction of sp³-hybridized carbons (Fsp3) is 0.571. The largest absolute Gasteiger partial charge is 0.370 e. The quantitative estimate of drug-likeness (QED) is 0.791. The second kappa shape index (κ2) is 5.40. The van der Waals surface area contributed by atoms with E-state index in [1.165, 1.54) is 11.3 Å². The van der Waals surface area contributed by atoms with Crippen LogP contribution in [0.5, 0.6) is 0 Å². The third-order valence-electron chi connectivity index (χ3n) is 3.69. The van der Waals surface area contributed by atoms with E-state index in [2.05, 4.69) is 71.0 Å². The van der Waals surface area contributed by atoms with Crippen molar-refractivity contribution in [2.24, 2.45) is 5.92 Å². The van der Waals surface area contributed by atoms with Crippen LogP contribution >= 0.6 is 15.9 Å². The Hall–Kier alpha value is -0.540. The molecule has 2 atom stereocenters. The normalized spacial score (nSPS) is 24.6. The number of likely N-dealkylation sites (N-methyl/N-ethyl adjacent to an activating group) is 1. The van der Waals surface area contributed by atoms with Gasteiger partial charge in [0, 0.05) is 30.1 Å². The number of alkyl halides is 1. The van der Waals surface area contributed by atoms with Gasteiger partial charge in [-0.1, -0.05) is 35.0 Å². The Balaban J connectivity index is 2.08. The second-order valence-corrected chi connectivity index (χ2v) is 5.77. The van der Waals surface area contributed by atoms with E-state index in [1.54, 1.807) is 0 Å². The van der Waals surface area contributed by atoms with Crippen molar-refractivity contribution in [3.8, 4) is 0 Å².